The molecule has 1 aromatic rings. The molecular weight excluding hydrogens is 399 g/mol. The number of carbonyl (C=O) groups excluding carboxylic acids is 1. The van der Waals surface area contributed by atoms with Crippen molar-refractivity contribution in [2.75, 3.05) is 0 Å². The monoisotopic (exact) mass is 436 g/mol. The molecule has 5 rings (SSSR count). The van der Waals surface area contributed by atoms with Crippen LogP contribution in [0.2, 0.25) is 0 Å². The van der Waals surface area contributed by atoms with Crippen LogP contribution in [0.5, 0.6) is 0 Å². The van der Waals surface area contributed by atoms with E-state index in [4.69, 9.17) is 14.3 Å². The van der Waals surface area contributed by atoms with Gasteiger partial charge in [0.2, 0.25) is 5.91 Å². The fraction of sp³-hybridized carbons (Fsp3) is 0.692. The van der Waals surface area contributed by atoms with Crippen molar-refractivity contribution in [2.24, 2.45) is 16.3 Å². The van der Waals surface area contributed by atoms with E-state index in [0.717, 1.165) is 30.4 Å². The molecule has 3 heterocycles. The maximum absolute atomic E-state index is 13.3. The number of fused-ring (bicyclic) bond motifs is 3. The van der Waals surface area contributed by atoms with Crippen LogP contribution in [0.3, 0.4) is 0 Å². The largest absolute Gasteiger partial charge is 0.494 e. The molecular formula is C26H37BN2O3. The van der Waals surface area contributed by atoms with E-state index in [1.165, 1.54) is 17.7 Å². The van der Waals surface area contributed by atoms with Crippen molar-refractivity contribution in [3.05, 3.63) is 23.8 Å². The lowest BCUT2D eigenvalue weighted by Crippen LogP contribution is -2.49. The van der Waals surface area contributed by atoms with Crippen molar-refractivity contribution in [3.63, 3.8) is 0 Å². The van der Waals surface area contributed by atoms with Crippen molar-refractivity contribution in [3.8, 4) is 0 Å². The molecule has 0 radical (unpaired) electrons. The van der Waals surface area contributed by atoms with Crippen LogP contribution in [0.25, 0.3) is 0 Å². The number of rotatable bonds is 3. The summed E-state index contributed by atoms with van der Waals surface area (Å²) in [6.45, 7) is 14.8. The number of benzene rings is 1. The van der Waals surface area contributed by atoms with E-state index in [1.54, 1.807) is 0 Å². The zero-order valence-electron chi connectivity index (χ0n) is 20.7. The summed E-state index contributed by atoms with van der Waals surface area (Å²) in [5, 5.41) is 0. The molecule has 4 aliphatic rings. The van der Waals surface area contributed by atoms with Crippen molar-refractivity contribution in [1.82, 2.24) is 4.90 Å². The van der Waals surface area contributed by atoms with Crippen LogP contribution in [0, 0.1) is 11.3 Å². The topological polar surface area (TPSA) is 51.1 Å². The quantitative estimate of drug-likeness (QED) is 0.659. The first-order chi connectivity index (χ1) is 14.8. The molecule has 1 aliphatic carbocycles. The standard InChI is InChI=1S/C26H37BN2O3/c1-24(2,3)15-22(30)29-19-10-8-16(13-19)23(29)21-14-17-12-18(9-11-20(17)28-21)27-31-25(4,5)26(6,7)32-27/h9,11-12,16,19,23H,8,10,13-15H2,1-7H3/t16-,19+,23-/m0/s1. The minimum absolute atomic E-state index is 0.00164. The average molecular weight is 436 g/mol. The van der Waals surface area contributed by atoms with Crippen molar-refractivity contribution < 1.29 is 14.1 Å². The van der Waals surface area contributed by atoms with Gasteiger partial charge in [0.05, 0.1) is 22.9 Å². The van der Waals surface area contributed by atoms with E-state index < -0.39 is 0 Å². The zero-order chi connectivity index (χ0) is 23.1. The molecule has 5 nitrogen and oxygen atoms in total. The Morgan fingerprint density at radius 3 is 2.50 bits per heavy atom. The van der Waals surface area contributed by atoms with Gasteiger partial charge in [0.1, 0.15) is 0 Å². The second-order valence-electron chi connectivity index (χ2n) is 12.5. The van der Waals surface area contributed by atoms with Crippen molar-refractivity contribution in [2.45, 2.75) is 104 Å². The summed E-state index contributed by atoms with van der Waals surface area (Å²) >= 11 is 0. The third-order valence-electron chi connectivity index (χ3n) is 8.16. The molecule has 3 fully saturated rings. The highest BCUT2D eigenvalue weighted by molar-refractivity contribution is 6.62. The SMILES string of the molecule is CC(C)(C)CC(=O)N1[C@@H]2CC[C@@H](C2)[C@H]1C1=Nc2ccc(B3OC(C)(C)C(C)(C)O3)cc2C1. The van der Waals surface area contributed by atoms with Gasteiger partial charge in [0.15, 0.2) is 0 Å². The number of nitrogens with zero attached hydrogens (tertiary/aromatic N) is 2. The lowest BCUT2D eigenvalue weighted by molar-refractivity contribution is -0.136. The summed E-state index contributed by atoms with van der Waals surface area (Å²) < 4.78 is 12.5. The van der Waals surface area contributed by atoms with Gasteiger partial charge < -0.3 is 14.2 Å². The predicted octanol–water partition coefficient (Wildman–Crippen LogP) is 4.43. The maximum Gasteiger partial charge on any atom is 0.494 e. The van der Waals surface area contributed by atoms with E-state index in [0.29, 0.717) is 24.3 Å². The van der Waals surface area contributed by atoms with Crippen LogP contribution in [0.4, 0.5) is 5.69 Å². The number of aliphatic imine (C=N–C) groups is 1. The molecule has 6 heteroatoms. The summed E-state index contributed by atoms with van der Waals surface area (Å²) in [5.74, 6) is 0.853. The number of carbonyl (C=O) groups is 1. The van der Waals surface area contributed by atoms with Crippen molar-refractivity contribution in [1.29, 1.82) is 0 Å². The predicted molar refractivity (Wildman–Crippen MR) is 129 cm³/mol. The summed E-state index contributed by atoms with van der Waals surface area (Å²) in [6, 6.07) is 6.93. The molecule has 0 spiro atoms. The summed E-state index contributed by atoms with van der Waals surface area (Å²) in [7, 11) is -0.360. The third-order valence-corrected chi connectivity index (χ3v) is 8.16. The first kappa shape index (κ1) is 22.2. The first-order valence-electron chi connectivity index (χ1n) is 12.2. The average Bonchev–Trinajstić information content (AvgIpc) is 3.41. The van der Waals surface area contributed by atoms with Crippen LogP contribution in [0.15, 0.2) is 23.2 Å². The number of piperidine rings is 1. The van der Waals surface area contributed by atoms with Crippen LogP contribution < -0.4 is 5.46 Å². The van der Waals surface area contributed by atoms with Gasteiger partial charge in [-0.05, 0) is 75.4 Å². The molecule has 3 aliphatic heterocycles. The molecule has 172 valence electrons. The van der Waals surface area contributed by atoms with Crippen LogP contribution in [0.1, 0.15) is 79.7 Å². The van der Waals surface area contributed by atoms with Gasteiger partial charge in [-0.25, -0.2) is 0 Å². The van der Waals surface area contributed by atoms with E-state index >= 15 is 0 Å². The van der Waals surface area contributed by atoms with E-state index in [2.05, 4.69) is 71.6 Å². The Hall–Kier alpha value is -1.66. The molecule has 1 amide bonds. The molecule has 1 saturated carbocycles. The van der Waals surface area contributed by atoms with Crippen LogP contribution >= 0.6 is 0 Å². The summed E-state index contributed by atoms with van der Waals surface area (Å²) in [4.78, 5) is 20.5. The van der Waals surface area contributed by atoms with E-state index in [9.17, 15) is 4.79 Å². The number of amides is 1. The van der Waals surface area contributed by atoms with E-state index in [1.807, 2.05) is 0 Å². The Morgan fingerprint density at radius 1 is 1.16 bits per heavy atom. The molecule has 2 bridgehead atoms. The Morgan fingerprint density at radius 2 is 1.84 bits per heavy atom. The molecule has 32 heavy (non-hydrogen) atoms. The molecule has 0 N–H and O–H groups in total. The fourth-order valence-corrected chi connectivity index (χ4v) is 5.86. The van der Waals surface area contributed by atoms with Gasteiger partial charge in [-0.15, -0.1) is 0 Å². The Balaban J connectivity index is 1.36. The Labute approximate surface area is 193 Å². The van der Waals surface area contributed by atoms with Gasteiger partial charge in [-0.3, -0.25) is 9.79 Å². The number of likely N-dealkylation sites (tertiary alicyclic amines) is 1. The molecule has 0 unspecified atom stereocenters. The Bertz CT molecular complexity index is 962. The molecule has 1 aromatic carbocycles. The van der Waals surface area contributed by atoms with Crippen LogP contribution in [-0.2, 0) is 20.5 Å². The minimum atomic E-state index is -0.360. The minimum Gasteiger partial charge on any atom is -0.399 e. The molecule has 0 aromatic heterocycles. The number of hydrogen-bond donors (Lipinski definition) is 0. The number of hydrogen-bond acceptors (Lipinski definition) is 4. The highest BCUT2D eigenvalue weighted by Crippen LogP contribution is 2.46. The summed E-state index contributed by atoms with van der Waals surface area (Å²) in [5.41, 5.74) is 3.77. The fourth-order valence-electron chi connectivity index (χ4n) is 5.86. The highest BCUT2D eigenvalue weighted by Gasteiger charge is 2.53. The smallest absolute Gasteiger partial charge is 0.399 e. The van der Waals surface area contributed by atoms with Gasteiger partial charge in [-0.1, -0.05) is 32.9 Å². The normalized spacial score (nSPS) is 30.1. The van der Waals surface area contributed by atoms with Gasteiger partial charge in [0.25, 0.3) is 0 Å². The highest BCUT2D eigenvalue weighted by atomic mass is 16.7. The van der Waals surface area contributed by atoms with Gasteiger partial charge >= 0.3 is 7.12 Å². The van der Waals surface area contributed by atoms with Crippen LogP contribution in [-0.4, -0.2) is 46.9 Å². The Kier molecular flexibility index (Phi) is 4.96. The van der Waals surface area contributed by atoms with Gasteiger partial charge in [-0.2, -0.15) is 0 Å². The van der Waals surface area contributed by atoms with Crippen molar-refractivity contribution >= 4 is 29.9 Å². The van der Waals surface area contributed by atoms with E-state index in [-0.39, 0.29) is 29.8 Å². The molecule has 2 saturated heterocycles. The first-order valence-corrected chi connectivity index (χ1v) is 12.2. The summed E-state index contributed by atoms with van der Waals surface area (Å²) in [6.07, 6.45) is 4.90. The second kappa shape index (κ2) is 7.17. The second-order valence-corrected chi connectivity index (χ2v) is 12.5. The van der Waals surface area contributed by atoms with Gasteiger partial charge in [0, 0.05) is 24.6 Å². The maximum atomic E-state index is 13.3. The molecule has 3 atom stereocenters. The lowest BCUT2D eigenvalue weighted by Gasteiger charge is -2.37. The zero-order valence-corrected chi connectivity index (χ0v) is 20.7. The third kappa shape index (κ3) is 3.64. The lowest BCUT2D eigenvalue weighted by atomic mass is 9.78.